The minimum Gasteiger partial charge on any atom is -0.356 e. The number of hydrogen-bond acceptors (Lipinski definition) is 4. The molecule has 1 aliphatic rings. The number of benzene rings is 1. The Balaban J connectivity index is 0.00000192. The molecule has 0 spiro atoms. The maximum absolute atomic E-state index is 5.53. The summed E-state index contributed by atoms with van der Waals surface area (Å²) in [5.41, 5.74) is 2.12. The van der Waals surface area contributed by atoms with Crippen molar-refractivity contribution in [1.82, 2.24) is 15.4 Å². The summed E-state index contributed by atoms with van der Waals surface area (Å²) in [6.07, 6.45) is 3.63. The van der Waals surface area contributed by atoms with Crippen LogP contribution >= 0.6 is 12.4 Å². The van der Waals surface area contributed by atoms with Crippen LogP contribution in [0.3, 0.4) is 0 Å². The van der Waals surface area contributed by atoms with Crippen molar-refractivity contribution in [3.8, 4) is 11.3 Å². The van der Waals surface area contributed by atoms with Gasteiger partial charge >= 0.3 is 0 Å². The number of aromatic nitrogens is 1. The van der Waals surface area contributed by atoms with E-state index >= 15 is 0 Å². The predicted octanol–water partition coefficient (Wildman–Crippen LogP) is 3.73. The van der Waals surface area contributed by atoms with Crippen LogP contribution in [0.2, 0.25) is 0 Å². The average Bonchev–Trinajstić information content (AvgIpc) is 3.05. The lowest BCUT2D eigenvalue weighted by molar-refractivity contribution is 0.150. The monoisotopic (exact) mass is 335 g/mol. The van der Waals surface area contributed by atoms with Gasteiger partial charge in [0, 0.05) is 24.2 Å². The number of halogens is 1. The Hall–Kier alpha value is -1.36. The molecule has 0 saturated carbocycles. The molecule has 2 heterocycles. The summed E-state index contributed by atoms with van der Waals surface area (Å²) in [7, 11) is 0. The molecule has 1 aliphatic heterocycles. The fourth-order valence-electron chi connectivity index (χ4n) is 3.18. The minimum atomic E-state index is 0. The Morgan fingerprint density at radius 1 is 1.22 bits per heavy atom. The molecule has 0 aliphatic carbocycles. The van der Waals surface area contributed by atoms with Crippen molar-refractivity contribution < 1.29 is 4.52 Å². The van der Waals surface area contributed by atoms with Crippen LogP contribution in [0.5, 0.6) is 0 Å². The first-order valence-corrected chi connectivity index (χ1v) is 8.32. The van der Waals surface area contributed by atoms with Gasteiger partial charge in [-0.3, -0.25) is 4.90 Å². The van der Waals surface area contributed by atoms with E-state index in [2.05, 4.69) is 40.5 Å². The number of nitrogens with zero attached hydrogens (tertiary/aromatic N) is 2. The number of hydrogen-bond donors (Lipinski definition) is 1. The Morgan fingerprint density at radius 2 is 1.96 bits per heavy atom. The van der Waals surface area contributed by atoms with Gasteiger partial charge in [0.1, 0.15) is 0 Å². The SMILES string of the molecule is CCCN(Cc1cc(-c2ccccc2)on1)C1CCNCC1.Cl. The van der Waals surface area contributed by atoms with E-state index in [1.165, 1.54) is 19.3 Å². The maximum Gasteiger partial charge on any atom is 0.167 e. The second kappa shape index (κ2) is 9.06. The molecule has 0 atom stereocenters. The van der Waals surface area contributed by atoms with Gasteiger partial charge in [0.05, 0.1) is 5.69 Å². The van der Waals surface area contributed by atoms with Crippen LogP contribution in [0.15, 0.2) is 40.9 Å². The van der Waals surface area contributed by atoms with Gasteiger partial charge in [0.15, 0.2) is 5.76 Å². The highest BCUT2D eigenvalue weighted by molar-refractivity contribution is 5.85. The maximum atomic E-state index is 5.53. The van der Waals surface area contributed by atoms with Crippen LogP contribution in [0.25, 0.3) is 11.3 Å². The van der Waals surface area contributed by atoms with E-state index in [1.807, 2.05) is 18.2 Å². The molecule has 5 heteroatoms. The van der Waals surface area contributed by atoms with Crippen molar-refractivity contribution in [2.24, 2.45) is 0 Å². The molecule has 0 radical (unpaired) electrons. The number of nitrogens with one attached hydrogen (secondary N) is 1. The average molecular weight is 336 g/mol. The van der Waals surface area contributed by atoms with Gasteiger partial charge in [-0.15, -0.1) is 12.4 Å². The summed E-state index contributed by atoms with van der Waals surface area (Å²) in [6, 6.07) is 12.9. The van der Waals surface area contributed by atoms with Crippen molar-refractivity contribution in [2.45, 2.75) is 38.8 Å². The highest BCUT2D eigenvalue weighted by atomic mass is 35.5. The molecular weight excluding hydrogens is 310 g/mol. The van der Waals surface area contributed by atoms with Gasteiger partial charge in [-0.05, 0) is 38.9 Å². The fourth-order valence-corrected chi connectivity index (χ4v) is 3.18. The summed E-state index contributed by atoms with van der Waals surface area (Å²) in [4.78, 5) is 2.56. The van der Waals surface area contributed by atoms with Gasteiger partial charge in [0.25, 0.3) is 0 Å². The fraction of sp³-hybridized carbons (Fsp3) is 0.500. The number of rotatable bonds is 6. The molecule has 1 N–H and O–H groups in total. The van der Waals surface area contributed by atoms with Gasteiger partial charge in [-0.2, -0.15) is 0 Å². The third-order valence-corrected chi connectivity index (χ3v) is 4.32. The molecule has 1 fully saturated rings. The van der Waals surface area contributed by atoms with Crippen molar-refractivity contribution >= 4 is 12.4 Å². The molecule has 1 saturated heterocycles. The van der Waals surface area contributed by atoms with Gasteiger partial charge < -0.3 is 9.84 Å². The second-order valence-electron chi connectivity index (χ2n) is 6.00. The van der Waals surface area contributed by atoms with Crippen molar-refractivity contribution in [2.75, 3.05) is 19.6 Å². The molecule has 0 bridgehead atoms. The van der Waals surface area contributed by atoms with Crippen LogP contribution in [-0.4, -0.2) is 35.7 Å². The molecular formula is C18H26ClN3O. The Bertz CT molecular complexity index is 567. The van der Waals surface area contributed by atoms with Crippen LogP contribution in [0, 0.1) is 0 Å². The summed E-state index contributed by atoms with van der Waals surface area (Å²) in [5, 5.41) is 7.72. The first-order chi connectivity index (χ1) is 10.9. The summed E-state index contributed by atoms with van der Waals surface area (Å²) in [6.45, 7) is 6.50. The lowest BCUT2D eigenvalue weighted by Crippen LogP contribution is -2.43. The first-order valence-electron chi connectivity index (χ1n) is 8.32. The van der Waals surface area contributed by atoms with Crippen LogP contribution in [0.4, 0.5) is 0 Å². The zero-order valence-electron chi connectivity index (χ0n) is 13.7. The van der Waals surface area contributed by atoms with Gasteiger partial charge in [-0.1, -0.05) is 42.4 Å². The van der Waals surface area contributed by atoms with Crippen LogP contribution < -0.4 is 5.32 Å². The third-order valence-electron chi connectivity index (χ3n) is 4.32. The van der Waals surface area contributed by atoms with E-state index in [1.54, 1.807) is 0 Å². The quantitative estimate of drug-likeness (QED) is 0.873. The zero-order chi connectivity index (χ0) is 15.2. The van der Waals surface area contributed by atoms with E-state index in [0.29, 0.717) is 6.04 Å². The molecule has 1 aromatic carbocycles. The Kier molecular flexibility index (Phi) is 7.09. The molecule has 0 unspecified atom stereocenters. The second-order valence-corrected chi connectivity index (χ2v) is 6.00. The summed E-state index contributed by atoms with van der Waals surface area (Å²) >= 11 is 0. The molecule has 4 nitrogen and oxygen atoms in total. The topological polar surface area (TPSA) is 41.3 Å². The predicted molar refractivity (Wildman–Crippen MR) is 95.8 cm³/mol. The van der Waals surface area contributed by atoms with E-state index in [0.717, 1.165) is 43.2 Å². The normalized spacial score (nSPS) is 15.6. The van der Waals surface area contributed by atoms with Crippen molar-refractivity contribution in [1.29, 1.82) is 0 Å². The van der Waals surface area contributed by atoms with Gasteiger partial charge in [-0.25, -0.2) is 0 Å². The molecule has 23 heavy (non-hydrogen) atoms. The van der Waals surface area contributed by atoms with E-state index < -0.39 is 0 Å². The lowest BCUT2D eigenvalue weighted by Gasteiger charge is -2.33. The molecule has 2 aromatic rings. The molecule has 0 amide bonds. The van der Waals surface area contributed by atoms with E-state index in [9.17, 15) is 0 Å². The molecule has 126 valence electrons. The summed E-state index contributed by atoms with van der Waals surface area (Å²) < 4.78 is 5.53. The standard InChI is InChI=1S/C18H25N3O.ClH/c1-2-12-21(17-8-10-19-11-9-17)14-16-13-18(22-20-16)15-6-4-3-5-7-15;/h3-7,13,17,19H,2,8-12,14H2,1H3;1H. The number of piperidine rings is 1. The lowest BCUT2D eigenvalue weighted by atomic mass is 10.0. The zero-order valence-corrected chi connectivity index (χ0v) is 14.5. The highest BCUT2D eigenvalue weighted by Gasteiger charge is 2.21. The Morgan fingerprint density at radius 3 is 2.65 bits per heavy atom. The highest BCUT2D eigenvalue weighted by Crippen LogP contribution is 2.22. The van der Waals surface area contributed by atoms with E-state index in [-0.39, 0.29) is 12.4 Å². The van der Waals surface area contributed by atoms with Crippen LogP contribution in [0.1, 0.15) is 31.9 Å². The smallest absolute Gasteiger partial charge is 0.167 e. The largest absolute Gasteiger partial charge is 0.356 e. The van der Waals surface area contributed by atoms with E-state index in [4.69, 9.17) is 4.52 Å². The minimum absolute atomic E-state index is 0. The van der Waals surface area contributed by atoms with Crippen molar-refractivity contribution in [3.63, 3.8) is 0 Å². The summed E-state index contributed by atoms with van der Waals surface area (Å²) in [5.74, 6) is 0.859. The Labute approximate surface area is 144 Å². The molecule has 1 aromatic heterocycles. The van der Waals surface area contributed by atoms with Gasteiger partial charge in [0.2, 0.25) is 0 Å². The van der Waals surface area contributed by atoms with Crippen molar-refractivity contribution in [3.05, 3.63) is 42.1 Å². The third kappa shape index (κ3) is 4.80. The first kappa shape index (κ1) is 18.0. The molecule has 3 rings (SSSR count). The van der Waals surface area contributed by atoms with Crippen LogP contribution in [-0.2, 0) is 6.54 Å².